The third-order valence-electron chi connectivity index (χ3n) is 1.34. The molecule has 0 aliphatic heterocycles. The number of alkyl halides is 3. The van der Waals surface area contributed by atoms with E-state index in [1.54, 1.807) is 0 Å². The van der Waals surface area contributed by atoms with Crippen LogP contribution >= 0.6 is 0 Å². The van der Waals surface area contributed by atoms with Crippen LogP contribution in [0, 0.1) is 0 Å². The second-order valence-electron chi connectivity index (χ2n) is 2.90. The topological polar surface area (TPSA) is 78.4 Å². The fourth-order valence-corrected chi connectivity index (χ4v) is 1.20. The zero-order valence-electron chi connectivity index (χ0n) is 8.00. The van der Waals surface area contributed by atoms with E-state index in [1.165, 1.54) is 11.6 Å². The molecule has 0 fully saturated rings. The average Bonchev–Trinajstić information content (AvgIpc) is 2.00. The Hall–Kier alpha value is -0.380. The molecule has 1 unspecified atom stereocenters. The summed E-state index contributed by atoms with van der Waals surface area (Å²) in [7, 11) is -5.25. The normalized spacial score (nSPS) is 15.3. The lowest BCUT2D eigenvalue weighted by Crippen LogP contribution is -2.40. The zero-order chi connectivity index (χ0) is 12.1. The number of aliphatic hydroxyl groups is 1. The zero-order valence-corrected chi connectivity index (χ0v) is 8.82. The molecule has 0 aromatic carbocycles. The maximum Gasteiger partial charge on any atom is 0.511 e. The summed E-state index contributed by atoms with van der Waals surface area (Å²) in [6, 6.07) is 0. The Kier molecular flexibility index (Phi) is 5.49. The number of sulfonamides is 1. The van der Waals surface area contributed by atoms with Crippen LogP contribution in [0.1, 0.15) is 6.92 Å². The molecule has 0 spiro atoms. The van der Waals surface area contributed by atoms with Crippen LogP contribution in [-0.4, -0.2) is 44.8 Å². The van der Waals surface area contributed by atoms with Gasteiger partial charge in [0.15, 0.2) is 0 Å². The summed E-state index contributed by atoms with van der Waals surface area (Å²) in [4.78, 5) is 0. The van der Waals surface area contributed by atoms with Gasteiger partial charge in [-0.2, -0.15) is 13.2 Å². The second-order valence-corrected chi connectivity index (χ2v) is 4.66. The number of hydrogen-bond acceptors (Lipinski definition) is 4. The monoisotopic (exact) mass is 250 g/mol. The van der Waals surface area contributed by atoms with Crippen molar-refractivity contribution in [2.24, 2.45) is 0 Å². The van der Waals surface area contributed by atoms with Gasteiger partial charge in [0.05, 0.1) is 6.10 Å². The first-order valence-corrected chi connectivity index (χ1v) is 5.60. The molecule has 0 rings (SSSR count). The van der Waals surface area contributed by atoms with E-state index in [1.807, 2.05) is 0 Å². The van der Waals surface area contributed by atoms with Crippen molar-refractivity contribution in [3.8, 4) is 0 Å². The van der Waals surface area contributed by atoms with Crippen LogP contribution in [0.5, 0.6) is 0 Å². The summed E-state index contributed by atoms with van der Waals surface area (Å²) in [6.45, 7) is 1.31. The molecule has 1 atom stereocenters. The predicted octanol–water partition coefficient (Wildman–Crippen LogP) is -0.604. The molecule has 92 valence electrons. The van der Waals surface area contributed by atoms with Crippen LogP contribution in [0.15, 0.2) is 0 Å². The van der Waals surface area contributed by atoms with Crippen LogP contribution in [0.4, 0.5) is 13.2 Å². The maximum atomic E-state index is 11.8. The number of nitrogens with one attached hydrogen (secondary N) is 2. The Morgan fingerprint density at radius 2 is 1.87 bits per heavy atom. The largest absolute Gasteiger partial charge is 0.511 e. The molecule has 5 nitrogen and oxygen atoms in total. The van der Waals surface area contributed by atoms with Gasteiger partial charge in [-0.25, -0.2) is 13.1 Å². The van der Waals surface area contributed by atoms with E-state index in [0.29, 0.717) is 0 Å². The Balaban J connectivity index is 3.78. The number of rotatable bonds is 6. The van der Waals surface area contributed by atoms with Gasteiger partial charge in [-0.1, -0.05) is 0 Å². The quantitative estimate of drug-likeness (QED) is 0.550. The molecule has 0 saturated heterocycles. The number of aliphatic hydroxyl groups excluding tert-OH is 1. The van der Waals surface area contributed by atoms with E-state index in [4.69, 9.17) is 5.11 Å². The van der Waals surface area contributed by atoms with Gasteiger partial charge in [0.25, 0.3) is 0 Å². The molecule has 0 aromatic rings. The molecule has 0 radical (unpaired) electrons. The van der Waals surface area contributed by atoms with Gasteiger partial charge >= 0.3 is 15.5 Å². The van der Waals surface area contributed by atoms with Crippen LogP contribution in [-0.2, 0) is 10.0 Å². The molecule has 9 heteroatoms. The van der Waals surface area contributed by atoms with Crippen molar-refractivity contribution < 1.29 is 26.7 Å². The first kappa shape index (κ1) is 14.6. The molecule has 0 bridgehead atoms. The SMILES string of the molecule is CC(O)CNCCNS(=O)(=O)C(F)(F)F. The fourth-order valence-electron chi connectivity index (χ4n) is 0.667. The average molecular weight is 250 g/mol. The van der Waals surface area contributed by atoms with Crippen LogP contribution in [0.3, 0.4) is 0 Å². The number of hydrogen-bond donors (Lipinski definition) is 3. The van der Waals surface area contributed by atoms with Crippen molar-refractivity contribution in [3.05, 3.63) is 0 Å². The Morgan fingerprint density at radius 1 is 1.33 bits per heavy atom. The summed E-state index contributed by atoms with van der Waals surface area (Å²) in [5, 5.41) is 11.3. The van der Waals surface area contributed by atoms with Gasteiger partial charge in [0.2, 0.25) is 0 Å². The van der Waals surface area contributed by atoms with E-state index in [2.05, 4.69) is 5.32 Å². The minimum Gasteiger partial charge on any atom is -0.392 e. The molecule has 0 aliphatic carbocycles. The van der Waals surface area contributed by atoms with Gasteiger partial charge in [-0.15, -0.1) is 0 Å². The Labute approximate surface area is 85.7 Å². The molecule has 0 heterocycles. The van der Waals surface area contributed by atoms with Crippen molar-refractivity contribution in [1.29, 1.82) is 0 Å². The molecule has 0 aromatic heterocycles. The molecule has 15 heavy (non-hydrogen) atoms. The van der Waals surface area contributed by atoms with E-state index in [0.717, 1.165) is 0 Å². The molecule has 0 aliphatic rings. The maximum absolute atomic E-state index is 11.8. The minimum atomic E-state index is -5.28. The lowest BCUT2D eigenvalue weighted by atomic mass is 10.4. The van der Waals surface area contributed by atoms with Gasteiger partial charge in [-0.3, -0.25) is 0 Å². The summed E-state index contributed by atoms with van der Waals surface area (Å²) < 4.78 is 57.5. The highest BCUT2D eigenvalue weighted by atomic mass is 32.2. The molecular weight excluding hydrogens is 237 g/mol. The lowest BCUT2D eigenvalue weighted by Gasteiger charge is -2.10. The van der Waals surface area contributed by atoms with Crippen molar-refractivity contribution in [1.82, 2.24) is 10.0 Å². The standard InChI is InChI=1S/C6H13F3N2O3S/c1-5(12)4-10-2-3-11-15(13,14)6(7,8)9/h5,10-12H,2-4H2,1H3. The molecular formula is C6H13F3N2O3S. The summed E-state index contributed by atoms with van der Waals surface area (Å²) >= 11 is 0. The first-order chi connectivity index (χ1) is 6.67. The van der Waals surface area contributed by atoms with Gasteiger partial charge < -0.3 is 10.4 Å². The predicted molar refractivity (Wildman–Crippen MR) is 47.5 cm³/mol. The first-order valence-electron chi connectivity index (χ1n) is 4.11. The Morgan fingerprint density at radius 3 is 2.27 bits per heavy atom. The van der Waals surface area contributed by atoms with Crippen molar-refractivity contribution in [3.63, 3.8) is 0 Å². The van der Waals surface area contributed by atoms with Crippen molar-refractivity contribution >= 4 is 10.0 Å². The molecule has 3 N–H and O–H groups in total. The number of halogens is 3. The third-order valence-corrected chi connectivity index (χ3v) is 2.53. The summed E-state index contributed by atoms with van der Waals surface area (Å²) in [5.74, 6) is 0. The summed E-state index contributed by atoms with van der Waals surface area (Å²) in [5.41, 5.74) is -5.28. The van der Waals surface area contributed by atoms with Crippen molar-refractivity contribution in [2.45, 2.75) is 18.5 Å². The smallest absolute Gasteiger partial charge is 0.392 e. The van der Waals surface area contributed by atoms with E-state index < -0.39 is 21.6 Å². The van der Waals surface area contributed by atoms with E-state index >= 15 is 0 Å². The van der Waals surface area contributed by atoms with Gasteiger partial charge in [0, 0.05) is 19.6 Å². The van der Waals surface area contributed by atoms with Crippen molar-refractivity contribution in [2.75, 3.05) is 19.6 Å². The second kappa shape index (κ2) is 5.64. The third kappa shape index (κ3) is 5.92. The highest BCUT2D eigenvalue weighted by molar-refractivity contribution is 7.90. The minimum absolute atomic E-state index is 0.0141. The molecule has 0 saturated carbocycles. The van der Waals surface area contributed by atoms with Crippen LogP contribution in [0.2, 0.25) is 0 Å². The Bertz CT molecular complexity index is 276. The lowest BCUT2D eigenvalue weighted by molar-refractivity contribution is -0.0447. The van der Waals surface area contributed by atoms with E-state index in [-0.39, 0.29) is 19.6 Å². The highest BCUT2D eigenvalue weighted by Crippen LogP contribution is 2.20. The van der Waals surface area contributed by atoms with Crippen LogP contribution < -0.4 is 10.0 Å². The summed E-state index contributed by atoms with van der Waals surface area (Å²) in [6.07, 6.45) is -0.635. The van der Waals surface area contributed by atoms with Gasteiger partial charge in [-0.05, 0) is 6.92 Å². The molecule has 0 amide bonds. The fraction of sp³-hybridized carbons (Fsp3) is 1.00. The van der Waals surface area contributed by atoms with E-state index in [9.17, 15) is 21.6 Å². The van der Waals surface area contributed by atoms with Gasteiger partial charge in [0.1, 0.15) is 0 Å². The highest BCUT2D eigenvalue weighted by Gasteiger charge is 2.45. The van der Waals surface area contributed by atoms with Crippen LogP contribution in [0.25, 0.3) is 0 Å².